The summed E-state index contributed by atoms with van der Waals surface area (Å²) in [6.07, 6.45) is 6.09. The van der Waals surface area contributed by atoms with Crippen molar-refractivity contribution < 1.29 is 4.92 Å². The van der Waals surface area contributed by atoms with Gasteiger partial charge >= 0.3 is 11.2 Å². The second-order valence-corrected chi connectivity index (χ2v) is 5.49. The summed E-state index contributed by atoms with van der Waals surface area (Å²) >= 11 is 3.51. The van der Waals surface area contributed by atoms with Gasteiger partial charge in [0.25, 0.3) is 0 Å². The Morgan fingerprint density at radius 2 is 2.11 bits per heavy atom. The summed E-state index contributed by atoms with van der Waals surface area (Å²) in [6.45, 7) is 0.554. The summed E-state index contributed by atoms with van der Waals surface area (Å²) < 4.78 is 1.48. The van der Waals surface area contributed by atoms with Gasteiger partial charge in [-0.05, 0) is 24.3 Å². The van der Waals surface area contributed by atoms with E-state index in [1.165, 1.54) is 10.6 Å². The summed E-state index contributed by atoms with van der Waals surface area (Å²) in [5.74, 6) is 0. The van der Waals surface area contributed by atoms with E-state index >= 15 is 0 Å². The van der Waals surface area contributed by atoms with E-state index in [1.54, 1.807) is 12.3 Å². The number of hydrogen-bond acceptors (Lipinski definition) is 3. The van der Waals surface area contributed by atoms with Crippen molar-refractivity contribution in [3.05, 3.63) is 38.8 Å². The summed E-state index contributed by atoms with van der Waals surface area (Å²) in [5.41, 5.74) is -0.783. The number of rotatable bonds is 4. The van der Waals surface area contributed by atoms with Crippen LogP contribution in [0.2, 0.25) is 0 Å². The maximum Gasteiger partial charge on any atom is 0.334 e. The monoisotopic (exact) mass is 314 g/mol. The van der Waals surface area contributed by atoms with Gasteiger partial charge in [-0.3, -0.25) is 14.9 Å². The highest BCUT2D eigenvalue weighted by molar-refractivity contribution is 9.09. The van der Waals surface area contributed by atoms with Crippen LogP contribution < -0.4 is 5.56 Å². The Morgan fingerprint density at radius 3 is 2.67 bits per heavy atom. The number of alkyl halides is 1. The van der Waals surface area contributed by atoms with Gasteiger partial charge < -0.3 is 4.57 Å². The number of nitrogens with zero attached hydrogens (tertiary/aromatic N) is 2. The topological polar surface area (TPSA) is 65.1 Å². The van der Waals surface area contributed by atoms with Crippen LogP contribution in [-0.4, -0.2) is 14.8 Å². The third kappa shape index (κ3) is 2.48. The van der Waals surface area contributed by atoms with Gasteiger partial charge in [-0.15, -0.1) is 0 Å². The molecule has 1 saturated carbocycles. The lowest BCUT2D eigenvalue weighted by atomic mass is 9.88. The smallest absolute Gasteiger partial charge is 0.309 e. The lowest BCUT2D eigenvalue weighted by molar-refractivity contribution is -0.386. The van der Waals surface area contributed by atoms with Crippen molar-refractivity contribution in [2.24, 2.45) is 5.41 Å². The number of aromatic nitrogens is 1. The molecule has 18 heavy (non-hydrogen) atoms. The molecule has 0 unspecified atom stereocenters. The Balaban J connectivity index is 2.32. The van der Waals surface area contributed by atoms with E-state index in [9.17, 15) is 14.9 Å². The highest BCUT2D eigenvalue weighted by Crippen LogP contribution is 2.40. The molecule has 0 N–H and O–H groups in total. The molecule has 0 spiro atoms. The van der Waals surface area contributed by atoms with Crippen molar-refractivity contribution in [2.45, 2.75) is 32.2 Å². The van der Waals surface area contributed by atoms with E-state index in [0.717, 1.165) is 31.0 Å². The summed E-state index contributed by atoms with van der Waals surface area (Å²) in [5, 5.41) is 11.6. The van der Waals surface area contributed by atoms with Crippen LogP contribution in [0.3, 0.4) is 0 Å². The van der Waals surface area contributed by atoms with Crippen molar-refractivity contribution in [3.63, 3.8) is 0 Å². The molecule has 0 aromatic carbocycles. The Bertz CT molecular complexity index is 506. The molecule has 98 valence electrons. The third-order valence-corrected chi connectivity index (χ3v) is 4.84. The van der Waals surface area contributed by atoms with E-state index in [-0.39, 0.29) is 11.1 Å². The van der Waals surface area contributed by atoms with Crippen LogP contribution in [0, 0.1) is 15.5 Å². The Labute approximate surface area is 113 Å². The zero-order valence-corrected chi connectivity index (χ0v) is 11.6. The van der Waals surface area contributed by atoms with Crippen LogP contribution in [-0.2, 0) is 6.54 Å². The Morgan fingerprint density at radius 1 is 1.44 bits per heavy atom. The van der Waals surface area contributed by atoms with Crippen molar-refractivity contribution in [2.75, 3.05) is 5.33 Å². The van der Waals surface area contributed by atoms with Gasteiger partial charge in [-0.1, -0.05) is 28.8 Å². The van der Waals surface area contributed by atoms with E-state index in [0.29, 0.717) is 6.54 Å². The molecule has 0 bridgehead atoms. The molecule has 1 aromatic heterocycles. The number of halogens is 1. The highest BCUT2D eigenvalue weighted by Gasteiger charge is 2.33. The molecule has 1 aliphatic carbocycles. The molecule has 1 aliphatic rings. The fourth-order valence-corrected chi connectivity index (χ4v) is 3.35. The molecule has 2 rings (SSSR count). The van der Waals surface area contributed by atoms with E-state index in [2.05, 4.69) is 15.9 Å². The summed E-state index contributed by atoms with van der Waals surface area (Å²) in [6, 6.07) is 2.82. The Hall–Kier alpha value is -1.17. The predicted octanol–water partition coefficient (Wildman–Crippen LogP) is 2.71. The van der Waals surface area contributed by atoms with E-state index < -0.39 is 10.5 Å². The van der Waals surface area contributed by atoms with Crippen LogP contribution in [0.4, 0.5) is 5.69 Å². The summed E-state index contributed by atoms with van der Waals surface area (Å²) in [7, 11) is 0. The minimum absolute atomic E-state index is 0.0685. The number of nitro groups is 1. The standard InChI is InChI=1S/C12H15BrN2O3/c13-8-12(5-1-2-6-12)9-14-7-3-4-10(11(14)16)15(17)18/h3-4,7H,1-2,5-6,8-9H2. The quantitative estimate of drug-likeness (QED) is 0.487. The first-order valence-corrected chi connectivity index (χ1v) is 7.10. The van der Waals surface area contributed by atoms with Crippen LogP contribution in [0.15, 0.2) is 23.1 Å². The van der Waals surface area contributed by atoms with Gasteiger partial charge in [-0.2, -0.15) is 0 Å². The molecule has 0 radical (unpaired) electrons. The van der Waals surface area contributed by atoms with Gasteiger partial charge in [0.1, 0.15) is 0 Å². The van der Waals surface area contributed by atoms with Gasteiger partial charge in [0.05, 0.1) is 4.92 Å². The lowest BCUT2D eigenvalue weighted by Gasteiger charge is -2.27. The molecular formula is C12H15BrN2O3. The zero-order chi connectivity index (χ0) is 13.2. The molecule has 0 atom stereocenters. The molecule has 6 heteroatoms. The van der Waals surface area contributed by atoms with Crippen molar-refractivity contribution in [3.8, 4) is 0 Å². The van der Waals surface area contributed by atoms with Gasteiger partial charge in [0.15, 0.2) is 0 Å². The van der Waals surface area contributed by atoms with Gasteiger partial charge in [0, 0.05) is 24.1 Å². The fourth-order valence-electron chi connectivity index (χ4n) is 2.61. The second kappa shape index (κ2) is 5.22. The lowest BCUT2D eigenvalue weighted by Crippen LogP contribution is -2.32. The number of hydrogen-bond donors (Lipinski definition) is 0. The van der Waals surface area contributed by atoms with E-state index in [1.807, 2.05) is 0 Å². The van der Waals surface area contributed by atoms with Crippen LogP contribution in [0.25, 0.3) is 0 Å². The minimum Gasteiger partial charge on any atom is -0.309 e. The SMILES string of the molecule is O=c1c([N+](=O)[O-])cccn1CC1(CBr)CCCC1. The normalized spacial score (nSPS) is 17.8. The van der Waals surface area contributed by atoms with Gasteiger partial charge in [0.2, 0.25) is 0 Å². The number of pyridine rings is 1. The van der Waals surface area contributed by atoms with Crippen molar-refractivity contribution in [1.82, 2.24) is 4.57 Å². The van der Waals surface area contributed by atoms with Gasteiger partial charge in [-0.25, -0.2) is 0 Å². The predicted molar refractivity (Wildman–Crippen MR) is 72.1 cm³/mol. The largest absolute Gasteiger partial charge is 0.334 e. The Kier molecular flexibility index (Phi) is 3.85. The molecule has 0 amide bonds. The first-order chi connectivity index (χ1) is 8.58. The molecule has 1 fully saturated rings. The first kappa shape index (κ1) is 13.3. The minimum atomic E-state index is -0.617. The molecule has 1 heterocycles. The van der Waals surface area contributed by atoms with Crippen LogP contribution >= 0.6 is 15.9 Å². The maximum absolute atomic E-state index is 12.0. The fraction of sp³-hybridized carbons (Fsp3) is 0.583. The molecule has 5 nitrogen and oxygen atoms in total. The average Bonchev–Trinajstić information content (AvgIpc) is 2.81. The van der Waals surface area contributed by atoms with Crippen LogP contribution in [0.5, 0.6) is 0 Å². The first-order valence-electron chi connectivity index (χ1n) is 5.98. The molecular weight excluding hydrogens is 300 g/mol. The molecule has 0 saturated heterocycles. The average molecular weight is 315 g/mol. The van der Waals surface area contributed by atoms with E-state index in [4.69, 9.17) is 0 Å². The zero-order valence-electron chi connectivity index (χ0n) is 9.97. The molecule has 0 aliphatic heterocycles. The highest BCUT2D eigenvalue weighted by atomic mass is 79.9. The van der Waals surface area contributed by atoms with Crippen molar-refractivity contribution >= 4 is 21.6 Å². The maximum atomic E-state index is 12.0. The summed E-state index contributed by atoms with van der Waals surface area (Å²) in [4.78, 5) is 22.1. The molecule has 1 aromatic rings. The third-order valence-electron chi connectivity index (χ3n) is 3.65. The van der Waals surface area contributed by atoms with Crippen LogP contribution in [0.1, 0.15) is 25.7 Å². The van der Waals surface area contributed by atoms with Crippen molar-refractivity contribution in [1.29, 1.82) is 0 Å². The second-order valence-electron chi connectivity index (χ2n) is 4.92.